The maximum atomic E-state index is 10.8. The SMILES string of the molecule is CCc1cc(C)cc(C(N)=O)c1.[HH]. The summed E-state index contributed by atoms with van der Waals surface area (Å²) >= 11 is 0. The Morgan fingerprint density at radius 3 is 2.67 bits per heavy atom. The van der Waals surface area contributed by atoms with Crippen molar-refractivity contribution in [2.45, 2.75) is 20.3 Å². The van der Waals surface area contributed by atoms with Crippen LogP contribution in [-0.4, -0.2) is 5.91 Å². The number of primary amides is 1. The molecule has 2 nitrogen and oxygen atoms in total. The first kappa shape index (κ1) is 8.78. The van der Waals surface area contributed by atoms with Crippen LogP contribution >= 0.6 is 0 Å². The van der Waals surface area contributed by atoms with E-state index in [4.69, 9.17) is 5.73 Å². The summed E-state index contributed by atoms with van der Waals surface area (Å²) in [5, 5.41) is 0. The molecule has 0 aromatic heterocycles. The topological polar surface area (TPSA) is 43.1 Å². The summed E-state index contributed by atoms with van der Waals surface area (Å²) in [5.41, 5.74) is 8.01. The lowest BCUT2D eigenvalue weighted by Crippen LogP contribution is -2.11. The van der Waals surface area contributed by atoms with Gasteiger partial charge in [-0.05, 0) is 31.0 Å². The zero-order chi connectivity index (χ0) is 9.14. The normalized spacial score (nSPS) is 9.83. The van der Waals surface area contributed by atoms with E-state index in [2.05, 4.69) is 13.0 Å². The summed E-state index contributed by atoms with van der Waals surface area (Å²) in [5.74, 6) is -0.353. The minimum Gasteiger partial charge on any atom is -0.366 e. The predicted molar refractivity (Wildman–Crippen MR) is 51.2 cm³/mol. The van der Waals surface area contributed by atoms with Crippen molar-refractivity contribution in [2.24, 2.45) is 5.73 Å². The minimum atomic E-state index is -0.353. The molecule has 0 aliphatic heterocycles. The van der Waals surface area contributed by atoms with Gasteiger partial charge in [-0.15, -0.1) is 0 Å². The Kier molecular flexibility index (Phi) is 2.48. The summed E-state index contributed by atoms with van der Waals surface area (Å²) in [6, 6.07) is 5.71. The van der Waals surface area contributed by atoms with Crippen LogP contribution in [0.2, 0.25) is 0 Å². The molecule has 0 unspecified atom stereocenters. The van der Waals surface area contributed by atoms with Crippen LogP contribution in [0, 0.1) is 6.92 Å². The molecule has 0 bridgehead atoms. The number of carbonyl (C=O) groups is 1. The van der Waals surface area contributed by atoms with Crippen molar-refractivity contribution < 1.29 is 6.22 Å². The summed E-state index contributed by atoms with van der Waals surface area (Å²) in [4.78, 5) is 10.8. The molecular weight excluding hydrogens is 150 g/mol. The van der Waals surface area contributed by atoms with E-state index < -0.39 is 0 Å². The Balaban J connectivity index is 0.00000144. The average Bonchev–Trinajstić information content (AvgIpc) is 2.03. The second-order valence-electron chi connectivity index (χ2n) is 2.93. The lowest BCUT2D eigenvalue weighted by molar-refractivity contribution is 0.1000. The van der Waals surface area contributed by atoms with Gasteiger partial charge in [-0.2, -0.15) is 0 Å². The van der Waals surface area contributed by atoms with Crippen LogP contribution < -0.4 is 5.73 Å². The highest BCUT2D eigenvalue weighted by Gasteiger charge is 2.01. The molecule has 12 heavy (non-hydrogen) atoms. The van der Waals surface area contributed by atoms with Gasteiger partial charge in [0.25, 0.3) is 0 Å². The fourth-order valence-electron chi connectivity index (χ4n) is 1.21. The number of benzene rings is 1. The Morgan fingerprint density at radius 1 is 1.50 bits per heavy atom. The first-order chi connectivity index (χ1) is 5.63. The quantitative estimate of drug-likeness (QED) is 0.714. The number of aryl methyl sites for hydroxylation is 2. The van der Waals surface area contributed by atoms with Crippen LogP contribution in [0.4, 0.5) is 0 Å². The second kappa shape index (κ2) is 3.39. The Hall–Kier alpha value is -1.31. The molecule has 1 amide bonds. The highest BCUT2D eigenvalue weighted by molar-refractivity contribution is 5.93. The molecule has 0 saturated heterocycles. The van der Waals surface area contributed by atoms with E-state index in [1.54, 1.807) is 0 Å². The van der Waals surface area contributed by atoms with Gasteiger partial charge in [0.15, 0.2) is 0 Å². The van der Waals surface area contributed by atoms with Crippen molar-refractivity contribution in [3.05, 3.63) is 34.9 Å². The number of hydrogen-bond acceptors (Lipinski definition) is 1. The zero-order valence-electron chi connectivity index (χ0n) is 7.42. The molecule has 2 heteroatoms. The van der Waals surface area contributed by atoms with Crippen molar-refractivity contribution in [1.82, 2.24) is 0 Å². The number of nitrogens with two attached hydrogens (primary N) is 1. The molecule has 2 N–H and O–H groups in total. The van der Waals surface area contributed by atoms with E-state index in [1.165, 1.54) is 0 Å². The second-order valence-corrected chi connectivity index (χ2v) is 2.93. The standard InChI is InChI=1S/C10H13NO.H2/c1-3-8-4-7(2)5-9(6-8)10(11)12;/h4-6H,3H2,1-2H3,(H2,11,12);1H. The number of hydrogen-bond donors (Lipinski definition) is 1. The fraction of sp³-hybridized carbons (Fsp3) is 0.300. The molecule has 0 heterocycles. The summed E-state index contributed by atoms with van der Waals surface area (Å²) < 4.78 is 0. The summed E-state index contributed by atoms with van der Waals surface area (Å²) in [7, 11) is 0. The number of carbonyl (C=O) groups excluding carboxylic acids is 1. The molecule has 0 atom stereocenters. The Bertz CT molecular complexity index is 310. The lowest BCUT2D eigenvalue weighted by atomic mass is 10.0. The molecule has 0 spiro atoms. The van der Waals surface area contributed by atoms with Gasteiger partial charge in [0.2, 0.25) is 5.91 Å². The van der Waals surface area contributed by atoms with Crippen LogP contribution in [0.25, 0.3) is 0 Å². The van der Waals surface area contributed by atoms with Crippen LogP contribution in [0.1, 0.15) is 29.8 Å². The van der Waals surface area contributed by atoms with Gasteiger partial charge in [0, 0.05) is 6.99 Å². The van der Waals surface area contributed by atoms with Crippen LogP contribution in [0.5, 0.6) is 0 Å². The highest BCUT2D eigenvalue weighted by atomic mass is 16.1. The third-order valence-electron chi connectivity index (χ3n) is 1.83. The molecule has 0 radical (unpaired) electrons. The van der Waals surface area contributed by atoms with Crippen molar-refractivity contribution in [1.29, 1.82) is 0 Å². The Labute approximate surface area is 73.9 Å². The van der Waals surface area contributed by atoms with Crippen LogP contribution in [0.15, 0.2) is 18.2 Å². The van der Waals surface area contributed by atoms with Crippen LogP contribution in [-0.2, 0) is 6.42 Å². The molecule has 1 aromatic carbocycles. The van der Waals surface area contributed by atoms with E-state index in [0.29, 0.717) is 5.56 Å². The van der Waals surface area contributed by atoms with Crippen molar-refractivity contribution in [3.63, 3.8) is 0 Å². The van der Waals surface area contributed by atoms with Crippen LogP contribution in [0.3, 0.4) is 0 Å². The highest BCUT2D eigenvalue weighted by Crippen LogP contribution is 2.09. The van der Waals surface area contributed by atoms with Gasteiger partial charge in [0.1, 0.15) is 0 Å². The monoisotopic (exact) mass is 165 g/mol. The third kappa shape index (κ3) is 1.84. The molecule has 66 valence electrons. The first-order valence-electron chi connectivity index (χ1n) is 4.04. The largest absolute Gasteiger partial charge is 0.366 e. The average molecular weight is 165 g/mol. The van der Waals surface area contributed by atoms with E-state index in [1.807, 2.05) is 19.1 Å². The summed E-state index contributed by atoms with van der Waals surface area (Å²) in [6.07, 6.45) is 0.932. The minimum absolute atomic E-state index is 0. The number of rotatable bonds is 2. The van der Waals surface area contributed by atoms with E-state index in [9.17, 15) is 4.79 Å². The first-order valence-corrected chi connectivity index (χ1v) is 4.04. The maximum Gasteiger partial charge on any atom is 0.248 e. The van der Waals surface area contributed by atoms with Crippen molar-refractivity contribution in [3.8, 4) is 0 Å². The summed E-state index contributed by atoms with van der Waals surface area (Å²) in [6.45, 7) is 4.02. The third-order valence-corrected chi connectivity index (χ3v) is 1.83. The molecule has 1 rings (SSSR count). The Morgan fingerprint density at radius 2 is 2.17 bits per heavy atom. The smallest absolute Gasteiger partial charge is 0.248 e. The van der Waals surface area contributed by atoms with Crippen molar-refractivity contribution in [2.75, 3.05) is 0 Å². The molecule has 0 fully saturated rings. The molecule has 0 aliphatic carbocycles. The van der Waals surface area contributed by atoms with Crippen molar-refractivity contribution >= 4 is 5.91 Å². The van der Waals surface area contributed by atoms with Gasteiger partial charge >= 0.3 is 0 Å². The molecule has 1 aromatic rings. The van der Waals surface area contributed by atoms with Gasteiger partial charge in [-0.3, -0.25) is 4.79 Å². The van der Waals surface area contributed by atoms with E-state index in [-0.39, 0.29) is 7.33 Å². The van der Waals surface area contributed by atoms with Gasteiger partial charge < -0.3 is 5.73 Å². The zero-order valence-corrected chi connectivity index (χ0v) is 7.42. The number of amides is 1. The van der Waals surface area contributed by atoms with E-state index in [0.717, 1.165) is 17.5 Å². The van der Waals surface area contributed by atoms with E-state index >= 15 is 0 Å². The molecule has 0 saturated carbocycles. The van der Waals surface area contributed by atoms with Gasteiger partial charge in [-0.1, -0.05) is 18.6 Å². The predicted octanol–water partition coefficient (Wildman–Crippen LogP) is 1.90. The lowest BCUT2D eigenvalue weighted by Gasteiger charge is -2.02. The van der Waals surface area contributed by atoms with Gasteiger partial charge in [0.05, 0.1) is 0 Å². The fourth-order valence-corrected chi connectivity index (χ4v) is 1.21. The molecular formula is C10H15NO. The molecule has 0 aliphatic rings. The maximum absolute atomic E-state index is 10.8. The van der Waals surface area contributed by atoms with Gasteiger partial charge in [-0.25, -0.2) is 0 Å².